The fraction of sp³-hybridized carbons (Fsp3) is 0.308. The van der Waals surface area contributed by atoms with Crippen LogP contribution in [0.15, 0.2) is 35.3 Å². The highest BCUT2D eigenvalue weighted by molar-refractivity contribution is 5.84. The Hall–Kier alpha value is -1.97. The lowest BCUT2D eigenvalue weighted by molar-refractivity contribution is -0.121. The Morgan fingerprint density at radius 3 is 2.88 bits per heavy atom. The fourth-order valence-electron chi connectivity index (χ4n) is 1.92. The number of fused-ring (bicyclic) bond motifs is 1. The second-order valence-corrected chi connectivity index (χ2v) is 4.44. The third kappa shape index (κ3) is 1.86. The van der Waals surface area contributed by atoms with Crippen LogP contribution in [0.4, 0.5) is 0 Å². The van der Waals surface area contributed by atoms with E-state index in [-0.39, 0.29) is 23.8 Å². The van der Waals surface area contributed by atoms with E-state index in [9.17, 15) is 9.59 Å². The van der Waals surface area contributed by atoms with Gasteiger partial charge < -0.3 is 0 Å². The summed E-state index contributed by atoms with van der Waals surface area (Å²) in [6, 6.07) is 7.29. The molecule has 4 nitrogen and oxygen atoms in total. The summed E-state index contributed by atoms with van der Waals surface area (Å²) in [7, 11) is 0. The summed E-state index contributed by atoms with van der Waals surface area (Å²) in [5, 5.41) is 5.47. The first-order valence-corrected chi connectivity index (χ1v) is 5.73. The number of carbonyl (C=O) groups is 1. The molecule has 0 amide bonds. The minimum atomic E-state index is -0.183. The van der Waals surface area contributed by atoms with E-state index >= 15 is 0 Å². The Labute approximate surface area is 97.9 Å². The second kappa shape index (κ2) is 3.80. The number of Topliss-reactive ketones (excluding diaryl/α,β-unsaturated/α-hetero) is 1. The van der Waals surface area contributed by atoms with E-state index in [1.807, 2.05) is 18.2 Å². The zero-order valence-corrected chi connectivity index (χ0v) is 9.30. The molecule has 86 valence electrons. The number of aromatic nitrogens is 2. The average molecular weight is 228 g/mol. The summed E-state index contributed by atoms with van der Waals surface area (Å²) >= 11 is 0. The van der Waals surface area contributed by atoms with Crippen LogP contribution in [-0.2, 0) is 11.3 Å². The largest absolute Gasteiger partial charge is 0.297 e. The van der Waals surface area contributed by atoms with E-state index in [2.05, 4.69) is 5.10 Å². The van der Waals surface area contributed by atoms with Crippen LogP contribution in [0.3, 0.4) is 0 Å². The Bertz CT molecular complexity index is 641. The molecule has 2 aromatic rings. The first kappa shape index (κ1) is 10.2. The van der Waals surface area contributed by atoms with Gasteiger partial charge in [-0.25, -0.2) is 4.68 Å². The van der Waals surface area contributed by atoms with Gasteiger partial charge in [-0.15, -0.1) is 0 Å². The maximum atomic E-state index is 12.1. The molecular weight excluding hydrogens is 216 g/mol. The highest BCUT2D eigenvalue weighted by Crippen LogP contribution is 2.29. The second-order valence-electron chi connectivity index (χ2n) is 4.44. The Kier molecular flexibility index (Phi) is 2.28. The SMILES string of the molecule is O=C(Cn1ncc2ccccc2c1=O)C1CC1. The maximum Gasteiger partial charge on any atom is 0.275 e. The van der Waals surface area contributed by atoms with Gasteiger partial charge in [0, 0.05) is 11.3 Å². The van der Waals surface area contributed by atoms with Crippen LogP contribution in [0.25, 0.3) is 10.8 Å². The van der Waals surface area contributed by atoms with Gasteiger partial charge in [0.2, 0.25) is 0 Å². The fourth-order valence-corrected chi connectivity index (χ4v) is 1.92. The molecular formula is C13H12N2O2. The lowest BCUT2D eigenvalue weighted by Crippen LogP contribution is -2.27. The number of ketones is 1. The number of carbonyl (C=O) groups excluding carboxylic acids is 1. The molecule has 0 aliphatic heterocycles. The first-order chi connectivity index (χ1) is 8.25. The van der Waals surface area contributed by atoms with Crippen molar-refractivity contribution in [3.05, 3.63) is 40.8 Å². The topological polar surface area (TPSA) is 52.0 Å². The molecule has 0 spiro atoms. The van der Waals surface area contributed by atoms with Crippen molar-refractivity contribution in [1.82, 2.24) is 9.78 Å². The first-order valence-electron chi connectivity index (χ1n) is 5.73. The van der Waals surface area contributed by atoms with Crippen molar-refractivity contribution >= 4 is 16.6 Å². The predicted molar refractivity (Wildman–Crippen MR) is 63.7 cm³/mol. The summed E-state index contributed by atoms with van der Waals surface area (Å²) < 4.78 is 1.27. The highest BCUT2D eigenvalue weighted by atomic mass is 16.1. The van der Waals surface area contributed by atoms with Crippen LogP contribution in [-0.4, -0.2) is 15.6 Å². The smallest absolute Gasteiger partial charge is 0.275 e. The van der Waals surface area contributed by atoms with Crippen molar-refractivity contribution in [3.8, 4) is 0 Å². The van der Waals surface area contributed by atoms with Crippen molar-refractivity contribution in [2.45, 2.75) is 19.4 Å². The minimum absolute atomic E-state index is 0.105. The quantitative estimate of drug-likeness (QED) is 0.797. The van der Waals surface area contributed by atoms with Crippen LogP contribution in [0, 0.1) is 5.92 Å². The standard InChI is InChI=1S/C13H12N2O2/c16-12(9-5-6-9)8-15-13(17)11-4-2-1-3-10(11)7-14-15/h1-4,7,9H,5-6,8H2. The van der Waals surface area contributed by atoms with Gasteiger partial charge >= 0.3 is 0 Å². The van der Waals surface area contributed by atoms with Crippen molar-refractivity contribution < 1.29 is 4.79 Å². The van der Waals surface area contributed by atoms with Gasteiger partial charge in [-0.1, -0.05) is 18.2 Å². The molecule has 0 saturated heterocycles. The Morgan fingerprint density at radius 1 is 1.35 bits per heavy atom. The van der Waals surface area contributed by atoms with E-state index in [0.717, 1.165) is 18.2 Å². The molecule has 1 aliphatic carbocycles. The number of hydrogen-bond acceptors (Lipinski definition) is 3. The summed E-state index contributed by atoms with van der Waals surface area (Å²) in [6.07, 6.45) is 3.55. The van der Waals surface area contributed by atoms with Gasteiger partial charge in [0.1, 0.15) is 6.54 Å². The Morgan fingerprint density at radius 2 is 2.12 bits per heavy atom. The molecule has 0 unspecified atom stereocenters. The molecule has 4 heteroatoms. The van der Waals surface area contributed by atoms with Crippen LogP contribution in [0.5, 0.6) is 0 Å². The van der Waals surface area contributed by atoms with Gasteiger partial charge in [-0.3, -0.25) is 9.59 Å². The molecule has 1 aromatic heterocycles. The molecule has 3 rings (SSSR count). The number of hydrogen-bond donors (Lipinski definition) is 0. The van der Waals surface area contributed by atoms with E-state index in [4.69, 9.17) is 0 Å². The van der Waals surface area contributed by atoms with Crippen LogP contribution in [0.2, 0.25) is 0 Å². The van der Waals surface area contributed by atoms with Crippen LogP contribution < -0.4 is 5.56 Å². The monoisotopic (exact) mass is 228 g/mol. The third-order valence-electron chi connectivity index (χ3n) is 3.10. The molecule has 1 aromatic carbocycles. The lowest BCUT2D eigenvalue weighted by Gasteiger charge is -2.04. The summed E-state index contributed by atoms with van der Waals surface area (Å²) in [5.74, 6) is 0.282. The summed E-state index contributed by atoms with van der Waals surface area (Å²) in [5.41, 5.74) is -0.183. The molecule has 1 fully saturated rings. The van der Waals surface area contributed by atoms with E-state index in [1.165, 1.54) is 4.68 Å². The van der Waals surface area contributed by atoms with E-state index in [1.54, 1.807) is 12.3 Å². The van der Waals surface area contributed by atoms with E-state index < -0.39 is 0 Å². The molecule has 0 N–H and O–H groups in total. The van der Waals surface area contributed by atoms with Gasteiger partial charge in [-0.2, -0.15) is 5.10 Å². The molecule has 17 heavy (non-hydrogen) atoms. The van der Waals surface area contributed by atoms with Crippen molar-refractivity contribution in [2.24, 2.45) is 5.92 Å². The molecule has 0 radical (unpaired) electrons. The maximum absolute atomic E-state index is 12.1. The molecule has 1 heterocycles. The van der Waals surface area contributed by atoms with Gasteiger partial charge in [-0.05, 0) is 18.9 Å². The van der Waals surface area contributed by atoms with Crippen molar-refractivity contribution in [3.63, 3.8) is 0 Å². The zero-order chi connectivity index (χ0) is 11.8. The molecule has 1 saturated carbocycles. The van der Waals surface area contributed by atoms with Crippen molar-refractivity contribution in [2.75, 3.05) is 0 Å². The molecule has 0 atom stereocenters. The van der Waals surface area contributed by atoms with Crippen molar-refractivity contribution in [1.29, 1.82) is 0 Å². The number of nitrogens with zero attached hydrogens (tertiary/aromatic N) is 2. The van der Waals surface area contributed by atoms with Gasteiger partial charge in [0.25, 0.3) is 5.56 Å². The third-order valence-corrected chi connectivity index (χ3v) is 3.10. The van der Waals surface area contributed by atoms with Gasteiger partial charge in [0.15, 0.2) is 5.78 Å². The van der Waals surface area contributed by atoms with Gasteiger partial charge in [0.05, 0.1) is 11.6 Å². The number of rotatable bonds is 3. The van der Waals surface area contributed by atoms with Crippen LogP contribution in [0.1, 0.15) is 12.8 Å². The normalized spacial score (nSPS) is 15.1. The lowest BCUT2D eigenvalue weighted by atomic mass is 10.2. The minimum Gasteiger partial charge on any atom is -0.297 e. The molecule has 1 aliphatic rings. The highest BCUT2D eigenvalue weighted by Gasteiger charge is 2.29. The Balaban J connectivity index is 2.02. The van der Waals surface area contributed by atoms with Crippen LogP contribution >= 0.6 is 0 Å². The predicted octanol–water partition coefficient (Wildman–Crippen LogP) is 1.38. The number of benzene rings is 1. The zero-order valence-electron chi connectivity index (χ0n) is 9.30. The van der Waals surface area contributed by atoms with E-state index in [0.29, 0.717) is 5.39 Å². The molecule has 0 bridgehead atoms. The summed E-state index contributed by atoms with van der Waals surface area (Å²) in [4.78, 5) is 23.7. The average Bonchev–Trinajstić information content (AvgIpc) is 3.17. The summed E-state index contributed by atoms with van der Waals surface area (Å²) in [6.45, 7) is 0.105.